The third kappa shape index (κ3) is 3.07. The quantitative estimate of drug-likeness (QED) is 0.711. The molecule has 0 spiro atoms. The molecular formula is C10H10O3. The summed E-state index contributed by atoms with van der Waals surface area (Å²) in [6.07, 6.45) is 1.32. The Kier molecular flexibility index (Phi) is 3.20. The molecule has 0 aliphatic heterocycles. The van der Waals surface area contributed by atoms with Crippen molar-refractivity contribution in [3.05, 3.63) is 35.4 Å². The number of aryl methyl sites for hydroxylation is 1. The highest BCUT2D eigenvalue weighted by molar-refractivity contribution is 5.75. The maximum Gasteiger partial charge on any atom is 0.303 e. The highest BCUT2D eigenvalue weighted by atomic mass is 16.4. The van der Waals surface area contributed by atoms with Gasteiger partial charge in [0.1, 0.15) is 6.29 Å². The van der Waals surface area contributed by atoms with Gasteiger partial charge in [-0.3, -0.25) is 9.59 Å². The van der Waals surface area contributed by atoms with E-state index in [1.165, 1.54) is 0 Å². The molecule has 1 aromatic carbocycles. The fraction of sp³-hybridized carbons (Fsp3) is 0.200. The van der Waals surface area contributed by atoms with E-state index in [0.717, 1.165) is 11.8 Å². The molecule has 0 bridgehead atoms. The number of carboxylic acid groups (broad SMARTS) is 1. The molecule has 0 radical (unpaired) electrons. The summed E-state index contributed by atoms with van der Waals surface area (Å²) in [5.41, 5.74) is 1.47. The van der Waals surface area contributed by atoms with E-state index in [1.54, 1.807) is 18.2 Å². The van der Waals surface area contributed by atoms with Gasteiger partial charge in [0.25, 0.3) is 0 Å². The molecule has 1 rings (SSSR count). The third-order valence-electron chi connectivity index (χ3n) is 1.71. The number of aldehydes is 1. The molecule has 0 aliphatic carbocycles. The van der Waals surface area contributed by atoms with Gasteiger partial charge in [-0.15, -0.1) is 0 Å². The Morgan fingerprint density at radius 2 is 2.23 bits per heavy atom. The Morgan fingerprint density at radius 3 is 2.85 bits per heavy atom. The van der Waals surface area contributed by atoms with Crippen molar-refractivity contribution in [1.82, 2.24) is 0 Å². The Morgan fingerprint density at radius 1 is 1.46 bits per heavy atom. The first-order chi connectivity index (χ1) is 6.22. The second-order valence-corrected chi connectivity index (χ2v) is 2.76. The largest absolute Gasteiger partial charge is 0.481 e. The first-order valence-corrected chi connectivity index (χ1v) is 3.98. The van der Waals surface area contributed by atoms with Gasteiger partial charge >= 0.3 is 5.97 Å². The third-order valence-corrected chi connectivity index (χ3v) is 1.71. The van der Waals surface area contributed by atoms with E-state index in [4.69, 9.17) is 5.11 Å². The zero-order valence-corrected chi connectivity index (χ0v) is 7.06. The van der Waals surface area contributed by atoms with Gasteiger partial charge in [0, 0.05) is 12.0 Å². The fourth-order valence-electron chi connectivity index (χ4n) is 1.07. The molecule has 3 nitrogen and oxygen atoms in total. The van der Waals surface area contributed by atoms with Crippen molar-refractivity contribution in [2.24, 2.45) is 0 Å². The van der Waals surface area contributed by atoms with Crippen LogP contribution in [0.15, 0.2) is 24.3 Å². The van der Waals surface area contributed by atoms with E-state index in [2.05, 4.69) is 0 Å². The monoisotopic (exact) mass is 178 g/mol. The lowest BCUT2D eigenvalue weighted by atomic mass is 10.1. The molecule has 0 saturated carbocycles. The summed E-state index contributed by atoms with van der Waals surface area (Å²) in [5.74, 6) is -0.823. The number of carboxylic acids is 1. The van der Waals surface area contributed by atoms with Crippen molar-refractivity contribution >= 4 is 12.3 Å². The summed E-state index contributed by atoms with van der Waals surface area (Å²) >= 11 is 0. The van der Waals surface area contributed by atoms with Crippen LogP contribution < -0.4 is 0 Å². The van der Waals surface area contributed by atoms with Crippen LogP contribution in [0.5, 0.6) is 0 Å². The van der Waals surface area contributed by atoms with Crippen LogP contribution in [0.3, 0.4) is 0 Å². The average Bonchev–Trinajstić information content (AvgIpc) is 2.15. The van der Waals surface area contributed by atoms with Crippen molar-refractivity contribution < 1.29 is 14.7 Å². The summed E-state index contributed by atoms with van der Waals surface area (Å²) in [7, 11) is 0. The van der Waals surface area contributed by atoms with Gasteiger partial charge in [0.2, 0.25) is 0 Å². The molecule has 13 heavy (non-hydrogen) atoms. The predicted molar refractivity (Wildman–Crippen MR) is 47.8 cm³/mol. The maximum atomic E-state index is 10.4. The Labute approximate surface area is 76.0 Å². The summed E-state index contributed by atoms with van der Waals surface area (Å²) in [6.45, 7) is 0. The SMILES string of the molecule is O=Cc1cccc(CCC(=O)O)c1. The Hall–Kier alpha value is -1.64. The van der Waals surface area contributed by atoms with Gasteiger partial charge in [0.05, 0.1) is 0 Å². The van der Waals surface area contributed by atoms with Gasteiger partial charge in [0.15, 0.2) is 0 Å². The van der Waals surface area contributed by atoms with Crippen LogP contribution in [-0.4, -0.2) is 17.4 Å². The van der Waals surface area contributed by atoms with Crippen LogP contribution in [0.25, 0.3) is 0 Å². The molecule has 0 saturated heterocycles. The van der Waals surface area contributed by atoms with Crippen LogP contribution >= 0.6 is 0 Å². The second kappa shape index (κ2) is 4.40. The van der Waals surface area contributed by atoms with E-state index >= 15 is 0 Å². The standard InChI is InChI=1S/C10H10O3/c11-7-9-3-1-2-8(6-9)4-5-10(12)13/h1-3,6-7H,4-5H2,(H,12,13). The van der Waals surface area contributed by atoms with Crippen LogP contribution in [0.2, 0.25) is 0 Å². The smallest absolute Gasteiger partial charge is 0.303 e. The van der Waals surface area contributed by atoms with Crippen LogP contribution in [-0.2, 0) is 11.2 Å². The Bertz CT molecular complexity index is 318. The lowest BCUT2D eigenvalue weighted by Gasteiger charge is -1.98. The highest BCUT2D eigenvalue weighted by Gasteiger charge is 1.99. The normalized spacial score (nSPS) is 9.54. The van der Waals surface area contributed by atoms with Gasteiger partial charge in [-0.05, 0) is 18.1 Å². The zero-order chi connectivity index (χ0) is 9.68. The number of carbonyl (C=O) groups is 2. The molecule has 0 atom stereocenters. The molecule has 68 valence electrons. The first-order valence-electron chi connectivity index (χ1n) is 3.98. The maximum absolute atomic E-state index is 10.4. The van der Waals surface area contributed by atoms with Gasteiger partial charge in [-0.2, -0.15) is 0 Å². The Balaban J connectivity index is 2.66. The minimum Gasteiger partial charge on any atom is -0.481 e. The van der Waals surface area contributed by atoms with Crippen LogP contribution in [0, 0.1) is 0 Å². The topological polar surface area (TPSA) is 54.4 Å². The van der Waals surface area contributed by atoms with Crippen molar-refractivity contribution in [1.29, 1.82) is 0 Å². The van der Waals surface area contributed by atoms with E-state index in [1.807, 2.05) is 6.07 Å². The van der Waals surface area contributed by atoms with Gasteiger partial charge < -0.3 is 5.11 Å². The minimum atomic E-state index is -0.823. The van der Waals surface area contributed by atoms with E-state index < -0.39 is 5.97 Å². The summed E-state index contributed by atoms with van der Waals surface area (Å²) in [4.78, 5) is 20.6. The lowest BCUT2D eigenvalue weighted by molar-refractivity contribution is -0.136. The van der Waals surface area contributed by atoms with E-state index in [0.29, 0.717) is 12.0 Å². The summed E-state index contributed by atoms with van der Waals surface area (Å²) < 4.78 is 0. The van der Waals surface area contributed by atoms with Crippen molar-refractivity contribution in [2.75, 3.05) is 0 Å². The lowest BCUT2D eigenvalue weighted by Crippen LogP contribution is -1.97. The second-order valence-electron chi connectivity index (χ2n) is 2.76. The van der Waals surface area contributed by atoms with Gasteiger partial charge in [-0.1, -0.05) is 18.2 Å². The molecule has 3 heteroatoms. The molecular weight excluding hydrogens is 168 g/mol. The number of benzene rings is 1. The molecule has 0 amide bonds. The predicted octanol–water partition coefficient (Wildman–Crippen LogP) is 1.52. The molecule has 0 aromatic heterocycles. The molecule has 0 unspecified atom stereocenters. The number of hydrogen-bond acceptors (Lipinski definition) is 2. The summed E-state index contributed by atoms with van der Waals surface area (Å²) in [6, 6.07) is 6.96. The molecule has 1 aromatic rings. The number of carbonyl (C=O) groups excluding carboxylic acids is 1. The number of rotatable bonds is 4. The number of hydrogen-bond donors (Lipinski definition) is 1. The van der Waals surface area contributed by atoms with E-state index in [9.17, 15) is 9.59 Å². The van der Waals surface area contributed by atoms with Crippen LogP contribution in [0.4, 0.5) is 0 Å². The van der Waals surface area contributed by atoms with Crippen molar-refractivity contribution in [2.45, 2.75) is 12.8 Å². The van der Waals surface area contributed by atoms with Crippen molar-refractivity contribution in [3.8, 4) is 0 Å². The average molecular weight is 178 g/mol. The molecule has 0 aliphatic rings. The zero-order valence-electron chi connectivity index (χ0n) is 7.06. The number of aliphatic carboxylic acids is 1. The summed E-state index contributed by atoms with van der Waals surface area (Å²) in [5, 5.41) is 8.43. The van der Waals surface area contributed by atoms with Crippen LogP contribution in [0.1, 0.15) is 22.3 Å². The molecule has 1 N–H and O–H groups in total. The van der Waals surface area contributed by atoms with Crippen molar-refractivity contribution in [3.63, 3.8) is 0 Å². The fourth-order valence-corrected chi connectivity index (χ4v) is 1.07. The van der Waals surface area contributed by atoms with E-state index in [-0.39, 0.29) is 6.42 Å². The molecule has 0 fully saturated rings. The first kappa shape index (κ1) is 9.45. The van der Waals surface area contributed by atoms with Gasteiger partial charge in [-0.25, -0.2) is 0 Å². The highest BCUT2D eigenvalue weighted by Crippen LogP contribution is 2.05. The molecule has 0 heterocycles. The minimum absolute atomic E-state index is 0.0995.